The quantitative estimate of drug-likeness (QED) is 0.582. The molecule has 1 spiro atoms. The average Bonchev–Trinajstić information content (AvgIpc) is 3.28. The Kier molecular flexibility index (Phi) is 3.03. The van der Waals surface area contributed by atoms with Crippen LogP contribution in [-0.2, 0) is 5.41 Å². The SMILES string of the molecule is CC[C@H]1[C@@H](C(=O)c2ccccc2)C12c1ccccc1-c1ccccc12. The second-order valence-electron chi connectivity index (χ2n) is 7.18. The molecule has 0 heterocycles. The minimum Gasteiger partial charge on any atom is -0.294 e. The van der Waals surface area contributed by atoms with Gasteiger partial charge in [0.25, 0.3) is 0 Å². The second-order valence-corrected chi connectivity index (χ2v) is 7.18. The lowest BCUT2D eigenvalue weighted by atomic mass is 9.87. The summed E-state index contributed by atoms with van der Waals surface area (Å²) in [6.45, 7) is 2.22. The molecule has 0 amide bonds. The van der Waals surface area contributed by atoms with Gasteiger partial charge < -0.3 is 0 Å². The first-order chi connectivity index (χ1) is 12.3. The largest absolute Gasteiger partial charge is 0.294 e. The fourth-order valence-electron chi connectivity index (χ4n) is 5.23. The van der Waals surface area contributed by atoms with Gasteiger partial charge in [0.1, 0.15) is 0 Å². The molecule has 3 aromatic rings. The summed E-state index contributed by atoms with van der Waals surface area (Å²) in [7, 11) is 0. The van der Waals surface area contributed by atoms with Crippen molar-refractivity contribution in [3.05, 3.63) is 95.6 Å². The topological polar surface area (TPSA) is 17.1 Å². The van der Waals surface area contributed by atoms with E-state index in [0.717, 1.165) is 12.0 Å². The molecule has 122 valence electrons. The van der Waals surface area contributed by atoms with Crippen LogP contribution in [0.3, 0.4) is 0 Å². The molecule has 0 N–H and O–H groups in total. The fourth-order valence-corrected chi connectivity index (χ4v) is 5.23. The lowest BCUT2D eigenvalue weighted by Gasteiger charge is -2.14. The highest BCUT2D eigenvalue weighted by Crippen LogP contribution is 2.71. The first kappa shape index (κ1) is 14.7. The maximum atomic E-state index is 13.4. The number of hydrogen-bond acceptors (Lipinski definition) is 1. The Labute approximate surface area is 148 Å². The Morgan fingerprint density at radius 2 is 1.32 bits per heavy atom. The molecular weight excluding hydrogens is 304 g/mol. The van der Waals surface area contributed by atoms with E-state index in [-0.39, 0.29) is 11.3 Å². The number of fused-ring (bicyclic) bond motifs is 5. The third-order valence-corrected chi connectivity index (χ3v) is 6.18. The van der Waals surface area contributed by atoms with Gasteiger partial charge >= 0.3 is 0 Å². The molecule has 2 atom stereocenters. The van der Waals surface area contributed by atoms with Crippen molar-refractivity contribution in [3.63, 3.8) is 0 Å². The summed E-state index contributed by atoms with van der Waals surface area (Å²) < 4.78 is 0. The van der Waals surface area contributed by atoms with Crippen molar-refractivity contribution >= 4 is 5.78 Å². The highest BCUT2D eigenvalue weighted by atomic mass is 16.1. The molecule has 3 aromatic carbocycles. The Morgan fingerprint density at radius 1 is 0.800 bits per heavy atom. The van der Waals surface area contributed by atoms with Crippen LogP contribution in [0, 0.1) is 11.8 Å². The van der Waals surface area contributed by atoms with Crippen LogP contribution in [0.25, 0.3) is 11.1 Å². The van der Waals surface area contributed by atoms with Gasteiger partial charge in [0.15, 0.2) is 5.78 Å². The van der Waals surface area contributed by atoms with Crippen LogP contribution >= 0.6 is 0 Å². The molecule has 0 aromatic heterocycles. The van der Waals surface area contributed by atoms with Crippen molar-refractivity contribution < 1.29 is 4.79 Å². The number of ketones is 1. The molecule has 2 aliphatic carbocycles. The minimum atomic E-state index is -0.130. The summed E-state index contributed by atoms with van der Waals surface area (Å²) in [5.74, 6) is 0.716. The zero-order valence-corrected chi connectivity index (χ0v) is 14.3. The van der Waals surface area contributed by atoms with Crippen LogP contribution < -0.4 is 0 Å². The number of carbonyl (C=O) groups is 1. The highest BCUT2D eigenvalue weighted by molar-refractivity contribution is 6.04. The predicted octanol–water partition coefficient (Wildman–Crippen LogP) is 5.49. The van der Waals surface area contributed by atoms with Crippen molar-refractivity contribution in [1.29, 1.82) is 0 Å². The zero-order valence-electron chi connectivity index (χ0n) is 14.3. The first-order valence-corrected chi connectivity index (χ1v) is 9.08. The molecule has 0 saturated heterocycles. The van der Waals surface area contributed by atoms with E-state index in [4.69, 9.17) is 0 Å². The molecule has 1 fully saturated rings. The van der Waals surface area contributed by atoms with Crippen molar-refractivity contribution in [2.45, 2.75) is 18.8 Å². The Balaban J connectivity index is 1.72. The maximum absolute atomic E-state index is 13.4. The van der Waals surface area contributed by atoms with Crippen molar-refractivity contribution in [2.75, 3.05) is 0 Å². The lowest BCUT2D eigenvalue weighted by Crippen LogP contribution is -2.15. The molecule has 0 radical (unpaired) electrons. The Hall–Kier alpha value is -2.67. The van der Waals surface area contributed by atoms with E-state index in [1.807, 2.05) is 30.3 Å². The normalized spacial score (nSPS) is 21.6. The van der Waals surface area contributed by atoms with E-state index in [9.17, 15) is 4.79 Å². The van der Waals surface area contributed by atoms with Crippen LogP contribution in [0.15, 0.2) is 78.9 Å². The van der Waals surface area contributed by atoms with Crippen molar-refractivity contribution in [1.82, 2.24) is 0 Å². The van der Waals surface area contributed by atoms with Gasteiger partial charge in [0.2, 0.25) is 0 Å². The summed E-state index contributed by atoms with van der Waals surface area (Å²) in [5.41, 5.74) is 6.01. The van der Waals surface area contributed by atoms with E-state index in [1.54, 1.807) is 0 Å². The highest BCUT2D eigenvalue weighted by Gasteiger charge is 2.71. The molecule has 2 aliphatic rings. The van der Waals surface area contributed by atoms with Gasteiger partial charge in [-0.05, 0) is 28.2 Å². The van der Waals surface area contributed by atoms with Gasteiger partial charge in [-0.15, -0.1) is 0 Å². The predicted molar refractivity (Wildman–Crippen MR) is 101 cm³/mol. The van der Waals surface area contributed by atoms with Crippen LogP contribution in [0.5, 0.6) is 0 Å². The molecule has 5 rings (SSSR count). The number of carbonyl (C=O) groups excluding carboxylic acids is 1. The van der Waals surface area contributed by atoms with Crippen LogP contribution in [0.4, 0.5) is 0 Å². The van der Waals surface area contributed by atoms with Crippen LogP contribution in [-0.4, -0.2) is 5.78 Å². The number of rotatable bonds is 3. The molecule has 0 bridgehead atoms. The molecule has 0 unspecified atom stereocenters. The van der Waals surface area contributed by atoms with Gasteiger partial charge in [0, 0.05) is 16.9 Å². The van der Waals surface area contributed by atoms with Crippen LogP contribution in [0.1, 0.15) is 34.8 Å². The van der Waals surface area contributed by atoms with E-state index in [2.05, 4.69) is 55.5 Å². The van der Waals surface area contributed by atoms with E-state index >= 15 is 0 Å². The monoisotopic (exact) mass is 324 g/mol. The fraction of sp³-hybridized carbons (Fsp3) is 0.208. The zero-order chi connectivity index (χ0) is 17.0. The summed E-state index contributed by atoms with van der Waals surface area (Å²) in [5, 5.41) is 0. The molecule has 0 aliphatic heterocycles. The molecular formula is C24H20O. The number of Topliss-reactive ketones (excluding diaryl/α,β-unsaturated/α-hetero) is 1. The standard InChI is InChI=1S/C24H20O/c1-2-19-22(23(25)16-10-4-3-5-11-16)24(19)20-14-8-6-12-17(20)18-13-7-9-15-21(18)24/h3-15,19,22H,2H2,1H3/t19-,22-/m0/s1. The summed E-state index contributed by atoms with van der Waals surface area (Å²) in [6, 6.07) is 27.1. The molecule has 1 heteroatoms. The number of hydrogen-bond donors (Lipinski definition) is 0. The van der Waals surface area contributed by atoms with E-state index < -0.39 is 0 Å². The van der Waals surface area contributed by atoms with Gasteiger partial charge in [-0.1, -0.05) is 92.2 Å². The van der Waals surface area contributed by atoms with Gasteiger partial charge in [-0.2, -0.15) is 0 Å². The van der Waals surface area contributed by atoms with Crippen molar-refractivity contribution in [3.8, 4) is 11.1 Å². The summed E-state index contributed by atoms with van der Waals surface area (Å²) >= 11 is 0. The Bertz CT molecular complexity index is 925. The Morgan fingerprint density at radius 3 is 1.88 bits per heavy atom. The van der Waals surface area contributed by atoms with Gasteiger partial charge in [0.05, 0.1) is 0 Å². The average molecular weight is 324 g/mol. The summed E-state index contributed by atoms with van der Waals surface area (Å²) in [6.07, 6.45) is 1.02. The third kappa shape index (κ3) is 1.76. The molecule has 1 saturated carbocycles. The van der Waals surface area contributed by atoms with Crippen LogP contribution in [0.2, 0.25) is 0 Å². The van der Waals surface area contributed by atoms with Crippen molar-refractivity contribution in [2.24, 2.45) is 11.8 Å². The third-order valence-electron chi connectivity index (χ3n) is 6.18. The second kappa shape index (κ2) is 5.16. The van der Waals surface area contributed by atoms with Gasteiger partial charge in [-0.3, -0.25) is 4.79 Å². The van der Waals surface area contributed by atoms with E-state index in [1.165, 1.54) is 22.3 Å². The minimum absolute atomic E-state index is 0.0460. The summed E-state index contributed by atoms with van der Waals surface area (Å²) in [4.78, 5) is 13.4. The maximum Gasteiger partial charge on any atom is 0.167 e. The lowest BCUT2D eigenvalue weighted by molar-refractivity contribution is 0.0955. The smallest absolute Gasteiger partial charge is 0.167 e. The molecule has 1 nitrogen and oxygen atoms in total. The first-order valence-electron chi connectivity index (χ1n) is 9.08. The number of benzene rings is 3. The van der Waals surface area contributed by atoms with E-state index in [0.29, 0.717) is 11.7 Å². The molecule has 25 heavy (non-hydrogen) atoms. The van der Waals surface area contributed by atoms with Gasteiger partial charge in [-0.25, -0.2) is 0 Å².